The van der Waals surface area contributed by atoms with Crippen molar-refractivity contribution in [3.8, 4) is 0 Å². The smallest absolute Gasteiger partial charge is 0.267 e. The van der Waals surface area contributed by atoms with E-state index >= 15 is 0 Å². The molecule has 120 valence electrons. The molecule has 7 heteroatoms. The number of nitrogens with one attached hydrogen (secondary N) is 1. The molecule has 23 heavy (non-hydrogen) atoms. The molecule has 0 saturated carbocycles. The fourth-order valence-electron chi connectivity index (χ4n) is 2.41. The maximum Gasteiger partial charge on any atom is 0.267 e. The molecular weight excluding hydrogens is 316 g/mol. The lowest BCUT2D eigenvalue weighted by Gasteiger charge is -2.20. The number of hydrogen-bond acceptors (Lipinski definition) is 4. The van der Waals surface area contributed by atoms with Crippen molar-refractivity contribution in [2.24, 2.45) is 5.16 Å². The van der Waals surface area contributed by atoms with E-state index in [1.165, 1.54) is 0 Å². The van der Waals surface area contributed by atoms with Gasteiger partial charge in [0.25, 0.3) is 5.91 Å². The van der Waals surface area contributed by atoms with E-state index in [1.54, 1.807) is 25.5 Å². The first-order valence-electron chi connectivity index (χ1n) is 7.32. The van der Waals surface area contributed by atoms with E-state index < -0.39 is 5.60 Å². The van der Waals surface area contributed by atoms with Crippen molar-refractivity contribution in [3.63, 3.8) is 0 Å². The highest BCUT2D eigenvalue weighted by molar-refractivity contribution is 6.34. The first-order chi connectivity index (χ1) is 11.1. The summed E-state index contributed by atoms with van der Waals surface area (Å²) < 4.78 is 1.89. The molecule has 2 aromatic rings. The summed E-state index contributed by atoms with van der Waals surface area (Å²) in [5.74, 6) is -0.191. The van der Waals surface area contributed by atoms with Gasteiger partial charge in [0.1, 0.15) is 0 Å². The van der Waals surface area contributed by atoms with Crippen LogP contribution in [0.4, 0.5) is 0 Å². The molecule has 0 aliphatic carbocycles. The average molecular weight is 333 g/mol. The Balaban J connectivity index is 1.58. The highest BCUT2D eigenvalue weighted by Crippen LogP contribution is 2.29. The third kappa shape index (κ3) is 3.37. The quantitative estimate of drug-likeness (QED) is 0.913. The summed E-state index contributed by atoms with van der Waals surface area (Å²) in [4.78, 5) is 21.8. The van der Waals surface area contributed by atoms with Gasteiger partial charge in [0.05, 0.1) is 12.0 Å². The zero-order valence-electron chi connectivity index (χ0n) is 12.7. The lowest BCUT2D eigenvalue weighted by molar-refractivity contribution is -0.141. The molecule has 1 atom stereocenters. The van der Waals surface area contributed by atoms with Crippen LogP contribution in [0.5, 0.6) is 0 Å². The van der Waals surface area contributed by atoms with Gasteiger partial charge in [-0.3, -0.25) is 4.79 Å². The molecule has 1 aliphatic rings. The van der Waals surface area contributed by atoms with Gasteiger partial charge < -0.3 is 14.7 Å². The molecule has 3 rings (SSSR count). The zero-order chi connectivity index (χ0) is 16.3. The summed E-state index contributed by atoms with van der Waals surface area (Å²) >= 11 is 6.17. The number of aromatic nitrogens is 2. The van der Waals surface area contributed by atoms with Gasteiger partial charge in [0, 0.05) is 42.5 Å². The Morgan fingerprint density at radius 3 is 3.04 bits per heavy atom. The van der Waals surface area contributed by atoms with Crippen LogP contribution in [0.3, 0.4) is 0 Å². The number of hydrogen-bond donors (Lipinski definition) is 1. The van der Waals surface area contributed by atoms with Gasteiger partial charge in [-0.05, 0) is 13.0 Å². The van der Waals surface area contributed by atoms with Gasteiger partial charge in [-0.1, -0.05) is 35.0 Å². The van der Waals surface area contributed by atoms with Crippen molar-refractivity contribution in [1.82, 2.24) is 14.9 Å². The van der Waals surface area contributed by atoms with Crippen molar-refractivity contribution < 1.29 is 9.63 Å². The van der Waals surface area contributed by atoms with Gasteiger partial charge in [-0.25, -0.2) is 4.98 Å². The third-order valence-electron chi connectivity index (χ3n) is 3.74. The number of imidazole rings is 1. The van der Waals surface area contributed by atoms with Crippen LogP contribution < -0.4 is 5.32 Å². The molecule has 1 amide bonds. The molecule has 0 bridgehead atoms. The minimum absolute atomic E-state index is 0.191. The normalized spacial score (nSPS) is 20.0. The molecular formula is C16H17ClN4O2. The maximum absolute atomic E-state index is 12.4. The lowest BCUT2D eigenvalue weighted by atomic mass is 9.95. The van der Waals surface area contributed by atoms with Gasteiger partial charge in [-0.15, -0.1) is 0 Å². The fraction of sp³-hybridized carbons (Fsp3) is 0.312. The minimum atomic E-state index is -1.01. The Bertz CT molecular complexity index is 729. The Labute approximate surface area is 139 Å². The summed E-state index contributed by atoms with van der Waals surface area (Å²) in [6.45, 7) is 2.88. The van der Waals surface area contributed by atoms with E-state index in [0.717, 1.165) is 5.56 Å². The lowest BCUT2D eigenvalue weighted by Crippen LogP contribution is -2.45. The topological polar surface area (TPSA) is 68.5 Å². The van der Waals surface area contributed by atoms with Crippen molar-refractivity contribution in [1.29, 1.82) is 0 Å². The number of oxime groups is 1. The van der Waals surface area contributed by atoms with E-state index in [4.69, 9.17) is 16.4 Å². The van der Waals surface area contributed by atoms with Crippen molar-refractivity contribution in [2.75, 3.05) is 6.54 Å². The Kier molecular flexibility index (Phi) is 4.34. The monoisotopic (exact) mass is 332 g/mol. The standard InChI is InChI=1S/C16H17ClN4O2/c1-16(15(22)19-7-9-21-8-6-18-11-21)10-14(20-23-16)12-4-2-3-5-13(12)17/h2-6,8,11H,7,9-10H2,1H3,(H,19,22)/t16-/m1/s1. The highest BCUT2D eigenvalue weighted by atomic mass is 35.5. The van der Waals surface area contributed by atoms with Gasteiger partial charge in [0.2, 0.25) is 5.60 Å². The molecule has 0 saturated heterocycles. The molecule has 0 spiro atoms. The molecule has 0 radical (unpaired) electrons. The van der Waals surface area contributed by atoms with Crippen LogP contribution in [0.15, 0.2) is 48.1 Å². The van der Waals surface area contributed by atoms with Gasteiger partial charge in [-0.2, -0.15) is 0 Å². The first kappa shape index (κ1) is 15.6. The summed E-state index contributed by atoms with van der Waals surface area (Å²) in [5, 5.41) is 7.52. The minimum Gasteiger partial charge on any atom is -0.379 e. The van der Waals surface area contributed by atoms with Crippen LogP contribution in [0.25, 0.3) is 0 Å². The maximum atomic E-state index is 12.4. The van der Waals surface area contributed by atoms with E-state index in [1.807, 2.05) is 29.0 Å². The summed E-state index contributed by atoms with van der Waals surface area (Å²) in [6, 6.07) is 7.39. The number of carbonyl (C=O) groups is 1. The molecule has 0 fully saturated rings. The number of halogens is 1. The molecule has 1 aliphatic heterocycles. The fourth-order valence-corrected chi connectivity index (χ4v) is 2.65. The summed E-state index contributed by atoms with van der Waals surface area (Å²) in [6.07, 6.45) is 5.64. The number of benzene rings is 1. The summed E-state index contributed by atoms with van der Waals surface area (Å²) in [7, 11) is 0. The van der Waals surface area contributed by atoms with Crippen molar-refractivity contribution in [3.05, 3.63) is 53.6 Å². The number of rotatable bonds is 5. The molecule has 0 unspecified atom stereocenters. The molecule has 6 nitrogen and oxygen atoms in total. The SMILES string of the molecule is C[C@]1(C(=O)NCCn2ccnc2)CC(c2ccccc2Cl)=NO1. The Morgan fingerprint density at radius 1 is 1.48 bits per heavy atom. The molecule has 2 heterocycles. The highest BCUT2D eigenvalue weighted by Gasteiger charge is 2.42. The number of carbonyl (C=O) groups excluding carboxylic acids is 1. The van der Waals surface area contributed by atoms with Crippen molar-refractivity contribution >= 4 is 23.2 Å². The second-order valence-corrected chi connectivity index (χ2v) is 5.98. The predicted molar refractivity (Wildman–Crippen MR) is 87.3 cm³/mol. The van der Waals surface area contributed by atoms with Crippen LogP contribution in [0, 0.1) is 0 Å². The van der Waals surface area contributed by atoms with Crippen LogP contribution in [0.2, 0.25) is 5.02 Å². The van der Waals surface area contributed by atoms with E-state index in [-0.39, 0.29) is 5.91 Å². The van der Waals surface area contributed by atoms with Gasteiger partial charge in [0.15, 0.2) is 0 Å². The number of nitrogens with zero attached hydrogens (tertiary/aromatic N) is 3. The van der Waals surface area contributed by atoms with Crippen LogP contribution in [-0.2, 0) is 16.2 Å². The largest absolute Gasteiger partial charge is 0.379 e. The van der Waals surface area contributed by atoms with Gasteiger partial charge >= 0.3 is 0 Å². The molecule has 1 aromatic carbocycles. The Morgan fingerprint density at radius 2 is 2.30 bits per heavy atom. The second kappa shape index (κ2) is 6.42. The second-order valence-electron chi connectivity index (χ2n) is 5.57. The van der Waals surface area contributed by atoms with E-state index in [2.05, 4.69) is 15.5 Å². The first-order valence-corrected chi connectivity index (χ1v) is 7.70. The van der Waals surface area contributed by atoms with E-state index in [9.17, 15) is 4.79 Å². The Hall–Kier alpha value is -2.34. The van der Waals surface area contributed by atoms with Crippen LogP contribution in [-0.4, -0.2) is 33.3 Å². The third-order valence-corrected chi connectivity index (χ3v) is 4.07. The zero-order valence-corrected chi connectivity index (χ0v) is 13.5. The van der Waals surface area contributed by atoms with Crippen molar-refractivity contribution in [2.45, 2.75) is 25.5 Å². The van der Waals surface area contributed by atoms with Crippen LogP contribution in [0.1, 0.15) is 18.9 Å². The molecule has 1 N–H and O–H groups in total. The average Bonchev–Trinajstić information content (AvgIpc) is 3.18. The summed E-state index contributed by atoms with van der Waals surface area (Å²) in [5.41, 5.74) is 0.468. The van der Waals surface area contributed by atoms with Crippen LogP contribution >= 0.6 is 11.6 Å². The van der Waals surface area contributed by atoms with E-state index in [0.29, 0.717) is 30.2 Å². The molecule has 1 aromatic heterocycles. The number of amides is 1. The predicted octanol–water partition coefficient (Wildman–Crippen LogP) is 2.24.